The lowest BCUT2D eigenvalue weighted by atomic mass is 9.98. The molecule has 326 valence electrons. The highest BCUT2D eigenvalue weighted by Gasteiger charge is 2.45. The van der Waals surface area contributed by atoms with Crippen molar-refractivity contribution in [2.24, 2.45) is 5.73 Å². The number of fused-ring (bicyclic) bond motifs is 4. The van der Waals surface area contributed by atoms with Gasteiger partial charge in [-0.1, -0.05) is 73.5 Å². The van der Waals surface area contributed by atoms with E-state index in [-0.39, 0.29) is 41.6 Å². The molecular formula is C48H50F2N8O5. The van der Waals surface area contributed by atoms with E-state index in [1.807, 2.05) is 60.7 Å². The SMILES string of the molecule is COC(=O)N[C@H](C(=O)N(Cc1nc2ccc(-c3ccc4c(c3)C(F)(F)c3cc(-c5cnc(C6CCCN6C(=O)[C@H](N)c6ccccc6)[nH]5)ccc3-4)cc2[nH]1)C1CCCC1)[C@@H](C)OC. The molecule has 2 fully saturated rings. The minimum Gasteiger partial charge on any atom is -0.453 e. The summed E-state index contributed by atoms with van der Waals surface area (Å²) in [4.78, 5) is 59.4. The van der Waals surface area contributed by atoms with Gasteiger partial charge in [0.15, 0.2) is 0 Å². The number of rotatable bonds is 12. The third-order valence-electron chi connectivity index (χ3n) is 13.0. The van der Waals surface area contributed by atoms with E-state index in [1.54, 1.807) is 41.1 Å². The second-order valence-electron chi connectivity index (χ2n) is 16.7. The Morgan fingerprint density at radius 1 is 0.905 bits per heavy atom. The zero-order valence-electron chi connectivity index (χ0n) is 35.4. The Morgan fingerprint density at radius 3 is 2.30 bits per heavy atom. The van der Waals surface area contributed by atoms with Crippen LogP contribution in [-0.2, 0) is 31.5 Å². The molecule has 0 bridgehead atoms. The second kappa shape index (κ2) is 17.0. The van der Waals surface area contributed by atoms with Crippen molar-refractivity contribution in [3.8, 4) is 33.5 Å². The van der Waals surface area contributed by atoms with Crippen molar-refractivity contribution in [1.82, 2.24) is 35.1 Å². The van der Waals surface area contributed by atoms with Crippen LogP contribution in [0.2, 0.25) is 0 Å². The van der Waals surface area contributed by atoms with Gasteiger partial charge in [0, 0.05) is 36.4 Å². The number of carbonyl (C=O) groups excluding carboxylic acids is 3. The predicted octanol–water partition coefficient (Wildman–Crippen LogP) is 8.13. The molecule has 13 nitrogen and oxygen atoms in total. The second-order valence-corrected chi connectivity index (χ2v) is 16.7. The van der Waals surface area contributed by atoms with Crippen LogP contribution in [0.3, 0.4) is 0 Å². The number of amides is 3. The standard InChI is InChI=1S/C48H50F2N8O5/c1-27(62-2)43(56-47(61)63-3)46(60)58(32-12-7-8-13-32)26-41-53-37-20-17-30(24-38(37)54-41)29-15-18-33-34-19-16-31(23-36(34)48(49,50)35(33)22-29)39-25-52-44(55-39)40-14-9-21-57(40)45(59)42(51)28-10-5-4-6-11-28/h4-6,10-11,15-20,22-25,27,32,40,42-43H,7-9,12-14,21,26,51H2,1-3H3,(H,52,55)(H,53,54)(H,56,61)/t27-,40?,42-,43+/m1/s1. The van der Waals surface area contributed by atoms with Crippen LogP contribution in [-0.4, -0.2) is 86.6 Å². The van der Waals surface area contributed by atoms with Crippen LogP contribution in [0.15, 0.2) is 91.1 Å². The Morgan fingerprint density at radius 2 is 1.59 bits per heavy atom. The van der Waals surface area contributed by atoms with E-state index >= 15 is 8.78 Å². The van der Waals surface area contributed by atoms with Crippen molar-refractivity contribution < 1.29 is 32.6 Å². The van der Waals surface area contributed by atoms with Gasteiger partial charge >= 0.3 is 6.09 Å². The van der Waals surface area contributed by atoms with Crippen molar-refractivity contribution in [1.29, 1.82) is 0 Å². The number of alkyl carbamates (subject to hydrolysis) is 1. The topological polar surface area (TPSA) is 172 Å². The van der Waals surface area contributed by atoms with Crippen molar-refractivity contribution in [2.75, 3.05) is 20.8 Å². The number of nitrogens with one attached hydrogen (secondary N) is 3. The molecule has 63 heavy (non-hydrogen) atoms. The Kier molecular flexibility index (Phi) is 11.3. The Hall–Kier alpha value is -6.45. The molecule has 4 atom stereocenters. The Balaban J connectivity index is 0.939. The summed E-state index contributed by atoms with van der Waals surface area (Å²) in [6, 6.07) is 23.0. The summed E-state index contributed by atoms with van der Waals surface area (Å²) in [5.41, 5.74) is 11.7. The number of hydrogen-bond donors (Lipinski definition) is 4. The number of methoxy groups -OCH3 is 2. The van der Waals surface area contributed by atoms with Crippen LogP contribution in [0.1, 0.15) is 85.9 Å². The highest BCUT2D eigenvalue weighted by molar-refractivity contribution is 5.88. The fourth-order valence-electron chi connectivity index (χ4n) is 9.48. The number of alkyl halides is 2. The highest BCUT2D eigenvalue weighted by Crippen LogP contribution is 2.53. The summed E-state index contributed by atoms with van der Waals surface area (Å²) in [5.74, 6) is -2.60. The summed E-state index contributed by atoms with van der Waals surface area (Å²) in [6.45, 7) is 2.45. The Labute approximate surface area is 363 Å². The van der Waals surface area contributed by atoms with Crippen LogP contribution in [0.5, 0.6) is 0 Å². The largest absolute Gasteiger partial charge is 0.453 e. The molecule has 3 amide bonds. The average Bonchev–Trinajstić information content (AvgIpc) is 4.17. The molecule has 2 aromatic heterocycles. The van der Waals surface area contributed by atoms with Gasteiger partial charge in [0.25, 0.3) is 5.92 Å². The van der Waals surface area contributed by atoms with E-state index in [9.17, 15) is 14.4 Å². The number of halogens is 2. The molecule has 5 N–H and O–H groups in total. The molecule has 9 rings (SSSR count). The summed E-state index contributed by atoms with van der Waals surface area (Å²) in [5, 5.41) is 2.64. The van der Waals surface area contributed by atoms with E-state index in [0.717, 1.165) is 43.2 Å². The number of nitrogens with zero attached hydrogens (tertiary/aromatic N) is 4. The molecular weight excluding hydrogens is 807 g/mol. The van der Waals surface area contributed by atoms with Gasteiger partial charge in [0.2, 0.25) is 11.8 Å². The average molecular weight is 857 g/mol. The number of carbonyl (C=O) groups is 3. The minimum absolute atomic E-state index is 0.0392. The molecule has 3 heterocycles. The van der Waals surface area contributed by atoms with Gasteiger partial charge in [0.05, 0.1) is 48.7 Å². The smallest absolute Gasteiger partial charge is 0.407 e. The molecule has 6 aromatic rings. The first-order chi connectivity index (χ1) is 30.4. The molecule has 0 spiro atoms. The van der Waals surface area contributed by atoms with E-state index in [0.29, 0.717) is 63.6 Å². The maximum absolute atomic E-state index is 16.6. The van der Waals surface area contributed by atoms with Crippen LogP contribution in [0.4, 0.5) is 13.6 Å². The van der Waals surface area contributed by atoms with E-state index < -0.39 is 30.2 Å². The summed E-state index contributed by atoms with van der Waals surface area (Å²) < 4.78 is 43.4. The molecule has 15 heteroatoms. The summed E-state index contributed by atoms with van der Waals surface area (Å²) >= 11 is 0. The normalized spacial score (nSPS) is 18.2. The van der Waals surface area contributed by atoms with Crippen molar-refractivity contribution >= 4 is 28.9 Å². The van der Waals surface area contributed by atoms with Crippen molar-refractivity contribution in [3.05, 3.63) is 119 Å². The van der Waals surface area contributed by atoms with E-state index in [2.05, 4.69) is 20.3 Å². The third kappa shape index (κ3) is 7.84. The van der Waals surface area contributed by atoms with Gasteiger partial charge in [-0.25, -0.2) is 14.8 Å². The maximum Gasteiger partial charge on any atom is 0.407 e. The molecule has 1 unspecified atom stereocenters. The fourth-order valence-corrected chi connectivity index (χ4v) is 9.48. The molecule has 2 aliphatic carbocycles. The summed E-state index contributed by atoms with van der Waals surface area (Å²) in [7, 11) is 2.73. The lowest BCUT2D eigenvalue weighted by Crippen LogP contribution is -2.55. The first-order valence-electron chi connectivity index (χ1n) is 21.5. The molecule has 1 saturated carbocycles. The Bertz CT molecular complexity index is 2680. The van der Waals surface area contributed by atoms with Gasteiger partial charge in [-0.3, -0.25) is 9.59 Å². The van der Waals surface area contributed by atoms with Gasteiger partial charge < -0.3 is 40.3 Å². The number of aromatic amines is 2. The quantitative estimate of drug-likeness (QED) is 0.0956. The van der Waals surface area contributed by atoms with E-state index in [1.165, 1.54) is 20.3 Å². The third-order valence-corrected chi connectivity index (χ3v) is 13.0. The maximum atomic E-state index is 16.6. The van der Waals surface area contributed by atoms with Gasteiger partial charge in [-0.05, 0) is 84.7 Å². The lowest BCUT2D eigenvalue weighted by Gasteiger charge is -2.33. The first kappa shape index (κ1) is 41.9. The molecule has 3 aliphatic rings. The summed E-state index contributed by atoms with van der Waals surface area (Å²) in [6.07, 6.45) is 5.43. The lowest BCUT2D eigenvalue weighted by molar-refractivity contribution is -0.139. The van der Waals surface area contributed by atoms with E-state index in [4.69, 9.17) is 20.2 Å². The van der Waals surface area contributed by atoms with Crippen LogP contribution in [0.25, 0.3) is 44.5 Å². The number of nitrogens with two attached hydrogens (primary N) is 1. The molecule has 4 aromatic carbocycles. The molecule has 1 aliphatic heterocycles. The number of hydrogen-bond acceptors (Lipinski definition) is 8. The number of likely N-dealkylation sites (tertiary alicyclic amines) is 1. The van der Waals surface area contributed by atoms with Crippen molar-refractivity contribution in [2.45, 2.75) is 88.2 Å². The van der Waals surface area contributed by atoms with Crippen molar-refractivity contribution in [3.63, 3.8) is 0 Å². The zero-order chi connectivity index (χ0) is 44.0. The minimum atomic E-state index is -3.27. The van der Waals surface area contributed by atoms with Gasteiger partial charge in [-0.2, -0.15) is 8.78 Å². The zero-order valence-corrected chi connectivity index (χ0v) is 35.4. The highest BCUT2D eigenvalue weighted by atomic mass is 19.3. The predicted molar refractivity (Wildman–Crippen MR) is 233 cm³/mol. The first-order valence-corrected chi connectivity index (χ1v) is 21.5. The van der Waals surface area contributed by atoms with Crippen LogP contribution in [0, 0.1) is 0 Å². The fraction of sp³-hybridized carbons (Fsp3) is 0.354. The van der Waals surface area contributed by atoms with Gasteiger partial charge in [-0.15, -0.1) is 0 Å². The number of benzene rings is 4. The monoisotopic (exact) mass is 856 g/mol. The van der Waals surface area contributed by atoms with Gasteiger partial charge in [0.1, 0.15) is 23.7 Å². The number of H-pyrrole nitrogens is 2. The number of ether oxygens (including phenoxy) is 2. The number of imidazole rings is 2. The van der Waals surface area contributed by atoms with Crippen LogP contribution >= 0.6 is 0 Å². The number of aromatic nitrogens is 4. The van der Waals surface area contributed by atoms with Crippen LogP contribution < -0.4 is 11.1 Å². The molecule has 1 saturated heterocycles. The molecule has 0 radical (unpaired) electrons.